The number of nitrogens with zero attached hydrogens (tertiary/aromatic N) is 1. The highest BCUT2D eigenvalue weighted by atomic mass is 16.6. The fourth-order valence-corrected chi connectivity index (χ4v) is 0.924. The molecule has 0 aliphatic rings. The quantitative estimate of drug-likeness (QED) is 0.492. The van der Waals surface area contributed by atoms with Crippen LogP contribution < -0.4 is 0 Å². The van der Waals surface area contributed by atoms with Crippen molar-refractivity contribution in [2.24, 2.45) is 5.16 Å². The first kappa shape index (κ1) is 8.53. The Morgan fingerprint density at radius 2 is 2.00 bits per heavy atom. The molecule has 0 saturated carbocycles. The molecule has 0 aliphatic heterocycles. The highest BCUT2D eigenvalue weighted by Crippen LogP contribution is 2.06. The van der Waals surface area contributed by atoms with E-state index in [2.05, 4.69) is 16.6 Å². The minimum absolute atomic E-state index is 1.01. The second kappa shape index (κ2) is 4.34. The third-order valence-corrected chi connectivity index (χ3v) is 1.51. The van der Waals surface area contributed by atoms with Crippen LogP contribution in [0, 0.1) is 0 Å². The van der Waals surface area contributed by atoms with Gasteiger partial charge in [-0.1, -0.05) is 42.1 Å². The third-order valence-electron chi connectivity index (χ3n) is 1.51. The lowest BCUT2D eigenvalue weighted by Crippen LogP contribution is -1.85. The van der Waals surface area contributed by atoms with Crippen LogP contribution in [0.1, 0.15) is 11.1 Å². The molecule has 1 rings (SSSR count). The maximum absolute atomic E-state index is 4.58. The van der Waals surface area contributed by atoms with Gasteiger partial charge in [-0.2, -0.15) is 0 Å². The van der Waals surface area contributed by atoms with Crippen molar-refractivity contribution >= 4 is 12.3 Å². The van der Waals surface area contributed by atoms with Crippen LogP contribution in [0.4, 0.5) is 0 Å². The molecule has 0 N–H and O–H groups in total. The molecule has 0 bridgehead atoms. The van der Waals surface area contributed by atoms with Crippen LogP contribution in [0.5, 0.6) is 0 Å². The van der Waals surface area contributed by atoms with E-state index in [1.165, 1.54) is 7.11 Å². The lowest BCUT2D eigenvalue weighted by molar-refractivity contribution is 0.215. The summed E-state index contributed by atoms with van der Waals surface area (Å²) in [5.74, 6) is 0. The highest BCUT2D eigenvalue weighted by molar-refractivity contribution is 5.84. The Labute approximate surface area is 72.2 Å². The maximum Gasteiger partial charge on any atom is 0.106 e. The molecule has 0 saturated heterocycles. The minimum atomic E-state index is 1.01. The monoisotopic (exact) mass is 161 g/mol. The van der Waals surface area contributed by atoms with Crippen molar-refractivity contribution in [1.29, 1.82) is 0 Å². The van der Waals surface area contributed by atoms with E-state index in [0.29, 0.717) is 0 Å². The van der Waals surface area contributed by atoms with Crippen molar-refractivity contribution in [3.8, 4) is 0 Å². The van der Waals surface area contributed by atoms with Crippen molar-refractivity contribution < 1.29 is 4.84 Å². The average Bonchev–Trinajstić information content (AvgIpc) is 2.15. The van der Waals surface area contributed by atoms with Crippen LogP contribution in [0.2, 0.25) is 0 Å². The normalized spacial score (nSPS) is 10.1. The zero-order chi connectivity index (χ0) is 8.81. The van der Waals surface area contributed by atoms with Crippen molar-refractivity contribution in [2.45, 2.75) is 0 Å². The summed E-state index contributed by atoms with van der Waals surface area (Å²) in [5, 5.41) is 3.68. The van der Waals surface area contributed by atoms with E-state index in [1.807, 2.05) is 24.3 Å². The van der Waals surface area contributed by atoms with Crippen molar-refractivity contribution in [2.75, 3.05) is 7.11 Å². The van der Waals surface area contributed by atoms with Crippen LogP contribution in [0.15, 0.2) is 36.0 Å². The molecule has 2 nitrogen and oxygen atoms in total. The Balaban J connectivity index is 2.96. The standard InChI is InChI=1S/C10H11NO/c1-3-9-6-4-5-7-10(9)8-11-12-2/h3-8H,1H2,2H3/b11-8+. The third kappa shape index (κ3) is 1.95. The van der Waals surface area contributed by atoms with Crippen molar-refractivity contribution in [1.82, 2.24) is 0 Å². The Morgan fingerprint density at radius 1 is 1.33 bits per heavy atom. The van der Waals surface area contributed by atoms with E-state index in [4.69, 9.17) is 0 Å². The molecule has 0 aliphatic carbocycles. The fourth-order valence-electron chi connectivity index (χ4n) is 0.924. The Bertz CT molecular complexity index is 292. The molecule has 1 aromatic rings. The highest BCUT2D eigenvalue weighted by Gasteiger charge is 1.92. The first-order chi connectivity index (χ1) is 5.88. The first-order valence-corrected chi connectivity index (χ1v) is 3.66. The van der Waals surface area contributed by atoms with Gasteiger partial charge in [0.25, 0.3) is 0 Å². The van der Waals surface area contributed by atoms with Gasteiger partial charge in [-0.15, -0.1) is 0 Å². The van der Waals surface area contributed by atoms with Crippen LogP contribution in [-0.4, -0.2) is 13.3 Å². The molecule has 0 radical (unpaired) electrons. The van der Waals surface area contributed by atoms with Gasteiger partial charge in [0, 0.05) is 5.56 Å². The number of hydrogen-bond acceptors (Lipinski definition) is 2. The lowest BCUT2D eigenvalue weighted by atomic mass is 10.1. The molecule has 1 aromatic carbocycles. The van der Waals surface area contributed by atoms with E-state index >= 15 is 0 Å². The minimum Gasteiger partial charge on any atom is -0.399 e. The average molecular weight is 161 g/mol. The summed E-state index contributed by atoms with van der Waals surface area (Å²) < 4.78 is 0. The molecule has 0 amide bonds. The number of hydrogen-bond donors (Lipinski definition) is 0. The summed E-state index contributed by atoms with van der Waals surface area (Å²) >= 11 is 0. The fraction of sp³-hybridized carbons (Fsp3) is 0.100. The predicted octanol–water partition coefficient (Wildman–Crippen LogP) is 2.31. The molecule has 62 valence electrons. The molecule has 2 heteroatoms. The Morgan fingerprint density at radius 3 is 2.58 bits per heavy atom. The molecule has 12 heavy (non-hydrogen) atoms. The molecule has 0 aromatic heterocycles. The molecule has 0 spiro atoms. The summed E-state index contributed by atoms with van der Waals surface area (Å²) in [6.45, 7) is 3.70. The van der Waals surface area contributed by atoms with E-state index in [0.717, 1.165) is 11.1 Å². The van der Waals surface area contributed by atoms with Gasteiger partial charge in [0.05, 0.1) is 6.21 Å². The Kier molecular flexibility index (Phi) is 3.08. The summed E-state index contributed by atoms with van der Waals surface area (Å²) in [6.07, 6.45) is 3.45. The van der Waals surface area contributed by atoms with Gasteiger partial charge in [-0.3, -0.25) is 0 Å². The maximum atomic E-state index is 4.58. The van der Waals surface area contributed by atoms with Crippen molar-refractivity contribution in [3.63, 3.8) is 0 Å². The summed E-state index contributed by atoms with van der Waals surface area (Å²) in [4.78, 5) is 4.58. The van der Waals surface area contributed by atoms with Gasteiger partial charge in [0.15, 0.2) is 0 Å². The van der Waals surface area contributed by atoms with E-state index in [1.54, 1.807) is 12.3 Å². The number of oxime groups is 1. The van der Waals surface area contributed by atoms with Gasteiger partial charge in [0.1, 0.15) is 7.11 Å². The summed E-state index contributed by atoms with van der Waals surface area (Å²) in [6, 6.07) is 7.84. The Hall–Kier alpha value is -1.57. The zero-order valence-corrected chi connectivity index (χ0v) is 7.03. The molecule has 0 heterocycles. The summed E-state index contributed by atoms with van der Waals surface area (Å²) in [7, 11) is 1.52. The van der Waals surface area contributed by atoms with Gasteiger partial charge in [-0.05, 0) is 5.56 Å². The largest absolute Gasteiger partial charge is 0.399 e. The SMILES string of the molecule is C=Cc1ccccc1/C=N/OC. The van der Waals surface area contributed by atoms with Crippen LogP contribution in [-0.2, 0) is 4.84 Å². The topological polar surface area (TPSA) is 21.6 Å². The van der Waals surface area contributed by atoms with Gasteiger partial charge >= 0.3 is 0 Å². The molecular formula is C10H11NO. The number of rotatable bonds is 3. The van der Waals surface area contributed by atoms with Gasteiger partial charge < -0.3 is 4.84 Å². The first-order valence-electron chi connectivity index (χ1n) is 3.66. The van der Waals surface area contributed by atoms with Gasteiger partial charge in [0.2, 0.25) is 0 Å². The molecular weight excluding hydrogens is 150 g/mol. The van der Waals surface area contributed by atoms with Crippen LogP contribution in [0.25, 0.3) is 6.08 Å². The smallest absolute Gasteiger partial charge is 0.106 e. The van der Waals surface area contributed by atoms with E-state index < -0.39 is 0 Å². The second-order valence-corrected chi connectivity index (χ2v) is 2.25. The van der Waals surface area contributed by atoms with Crippen LogP contribution >= 0.6 is 0 Å². The van der Waals surface area contributed by atoms with E-state index in [9.17, 15) is 0 Å². The van der Waals surface area contributed by atoms with Crippen molar-refractivity contribution in [3.05, 3.63) is 42.0 Å². The second-order valence-electron chi connectivity index (χ2n) is 2.25. The lowest BCUT2D eigenvalue weighted by Gasteiger charge is -1.97. The molecule has 0 unspecified atom stereocenters. The number of benzene rings is 1. The molecule has 0 fully saturated rings. The summed E-state index contributed by atoms with van der Waals surface area (Å²) in [5.41, 5.74) is 2.06. The van der Waals surface area contributed by atoms with Gasteiger partial charge in [-0.25, -0.2) is 0 Å². The predicted molar refractivity (Wildman–Crippen MR) is 51.1 cm³/mol. The zero-order valence-electron chi connectivity index (χ0n) is 7.03. The van der Waals surface area contributed by atoms with Crippen LogP contribution in [0.3, 0.4) is 0 Å². The van der Waals surface area contributed by atoms with E-state index in [-0.39, 0.29) is 0 Å². The molecule has 0 atom stereocenters.